The third kappa shape index (κ3) is 2.35. The maximum Gasteiger partial charge on any atom is 0.251 e. The summed E-state index contributed by atoms with van der Waals surface area (Å²) in [5, 5.41) is 25.5. The number of carbonyl (C=O) groups excluding carboxylic acids is 1. The van der Waals surface area contributed by atoms with Crippen LogP contribution in [0.1, 0.15) is 23.7 Å². The standard InChI is InChI=1S/C23H18ClN3O4/c1-27-9-8-22(12-25,23(27)16-10-13(24)6-7-17(16)26-21(23)30)20(29)15-11-31-18-5-3-2-4-14(18)19(15)28/h2-7,10-11,20,29H,8-9H2,1H3,(H,26,30)/t20-,22+,23+/m1/s1. The number of rotatable bonds is 2. The Balaban J connectivity index is 1.77. The van der Waals surface area contributed by atoms with Gasteiger partial charge >= 0.3 is 0 Å². The van der Waals surface area contributed by atoms with E-state index in [1.54, 1.807) is 54.4 Å². The minimum atomic E-state index is -1.64. The predicted octanol–water partition coefficient (Wildman–Crippen LogP) is 3.17. The molecular formula is C23H18ClN3O4. The van der Waals surface area contributed by atoms with Crippen molar-refractivity contribution >= 4 is 34.2 Å². The maximum atomic E-state index is 13.4. The Labute approximate surface area is 182 Å². The molecule has 2 aliphatic heterocycles. The van der Waals surface area contributed by atoms with Crippen molar-refractivity contribution in [3.05, 3.63) is 75.1 Å². The molecule has 1 saturated heterocycles. The number of nitrogens with zero attached hydrogens (tertiary/aromatic N) is 2. The van der Waals surface area contributed by atoms with Crippen LogP contribution in [0.3, 0.4) is 0 Å². The molecule has 0 bridgehead atoms. The molecule has 1 spiro atoms. The highest BCUT2D eigenvalue weighted by atomic mass is 35.5. The molecule has 3 heterocycles. The van der Waals surface area contributed by atoms with Gasteiger partial charge in [0, 0.05) is 22.8 Å². The van der Waals surface area contributed by atoms with E-state index in [0.717, 1.165) is 0 Å². The molecule has 0 saturated carbocycles. The Morgan fingerprint density at radius 2 is 2.06 bits per heavy atom. The van der Waals surface area contributed by atoms with Crippen LogP contribution in [0.5, 0.6) is 0 Å². The fourth-order valence-corrected chi connectivity index (χ4v) is 5.37. The molecule has 0 radical (unpaired) electrons. The number of anilines is 1. The molecular weight excluding hydrogens is 418 g/mol. The normalized spacial score (nSPS) is 26.1. The monoisotopic (exact) mass is 435 g/mol. The summed E-state index contributed by atoms with van der Waals surface area (Å²) in [5.74, 6) is -0.435. The highest BCUT2D eigenvalue weighted by Gasteiger charge is 2.70. The number of aliphatic hydroxyl groups is 1. The fourth-order valence-electron chi connectivity index (χ4n) is 5.19. The molecule has 0 aliphatic carbocycles. The van der Waals surface area contributed by atoms with E-state index in [1.807, 2.05) is 0 Å². The molecule has 1 fully saturated rings. The van der Waals surface area contributed by atoms with Gasteiger partial charge in [0.2, 0.25) is 0 Å². The van der Waals surface area contributed by atoms with Crippen molar-refractivity contribution in [2.75, 3.05) is 18.9 Å². The van der Waals surface area contributed by atoms with Crippen molar-refractivity contribution in [1.82, 2.24) is 4.90 Å². The molecule has 1 aromatic heterocycles. The topological polar surface area (TPSA) is 107 Å². The van der Waals surface area contributed by atoms with Gasteiger partial charge < -0.3 is 14.8 Å². The van der Waals surface area contributed by atoms with E-state index in [4.69, 9.17) is 16.0 Å². The number of nitriles is 1. The van der Waals surface area contributed by atoms with Gasteiger partial charge in [-0.3, -0.25) is 14.5 Å². The van der Waals surface area contributed by atoms with E-state index in [-0.39, 0.29) is 12.0 Å². The summed E-state index contributed by atoms with van der Waals surface area (Å²) >= 11 is 6.24. The third-order valence-corrected chi connectivity index (χ3v) is 6.91. The number of halogens is 1. The summed E-state index contributed by atoms with van der Waals surface area (Å²) in [5.41, 5.74) is -2.23. The number of carbonyl (C=O) groups is 1. The molecule has 1 amide bonds. The summed E-state index contributed by atoms with van der Waals surface area (Å²) in [6, 6.07) is 13.9. The largest absolute Gasteiger partial charge is 0.464 e. The predicted molar refractivity (Wildman–Crippen MR) is 114 cm³/mol. The van der Waals surface area contributed by atoms with E-state index in [9.17, 15) is 20.0 Å². The molecule has 3 aromatic rings. The Morgan fingerprint density at radius 1 is 1.29 bits per heavy atom. The molecule has 5 rings (SSSR count). The zero-order valence-electron chi connectivity index (χ0n) is 16.6. The molecule has 8 heteroatoms. The summed E-state index contributed by atoms with van der Waals surface area (Å²) in [6.45, 7) is 0.364. The zero-order chi connectivity index (χ0) is 22.0. The Hall–Kier alpha value is -3.18. The van der Waals surface area contributed by atoms with Crippen molar-refractivity contribution in [2.24, 2.45) is 5.41 Å². The minimum absolute atomic E-state index is 0.0572. The highest BCUT2D eigenvalue weighted by Crippen LogP contribution is 2.61. The smallest absolute Gasteiger partial charge is 0.251 e. The van der Waals surface area contributed by atoms with Crippen LogP contribution in [0.2, 0.25) is 5.02 Å². The molecule has 0 unspecified atom stereocenters. The van der Waals surface area contributed by atoms with Gasteiger partial charge in [0.25, 0.3) is 5.91 Å². The minimum Gasteiger partial charge on any atom is -0.464 e. The van der Waals surface area contributed by atoms with Crippen molar-refractivity contribution < 1.29 is 14.3 Å². The van der Waals surface area contributed by atoms with Crippen LogP contribution in [-0.2, 0) is 10.3 Å². The van der Waals surface area contributed by atoms with Crippen LogP contribution in [0.4, 0.5) is 5.69 Å². The summed E-state index contributed by atoms with van der Waals surface area (Å²) < 4.78 is 5.58. The van der Waals surface area contributed by atoms with Gasteiger partial charge in [0.15, 0.2) is 5.43 Å². The third-order valence-electron chi connectivity index (χ3n) is 6.68. The lowest BCUT2D eigenvalue weighted by Crippen LogP contribution is -2.56. The van der Waals surface area contributed by atoms with E-state index in [2.05, 4.69) is 11.4 Å². The molecule has 2 N–H and O–H groups in total. The van der Waals surface area contributed by atoms with Gasteiger partial charge in [-0.2, -0.15) is 5.26 Å². The second kappa shape index (κ2) is 6.66. The second-order valence-electron chi connectivity index (χ2n) is 8.03. The second-order valence-corrected chi connectivity index (χ2v) is 8.46. The van der Waals surface area contributed by atoms with Gasteiger partial charge in [-0.25, -0.2) is 0 Å². The van der Waals surface area contributed by atoms with E-state index in [0.29, 0.717) is 33.8 Å². The average Bonchev–Trinajstić information content (AvgIpc) is 3.24. The van der Waals surface area contributed by atoms with E-state index in [1.165, 1.54) is 6.26 Å². The van der Waals surface area contributed by atoms with Gasteiger partial charge in [-0.05, 0) is 43.8 Å². The number of benzene rings is 2. The summed E-state index contributed by atoms with van der Waals surface area (Å²) in [4.78, 5) is 28.4. The van der Waals surface area contributed by atoms with Crippen LogP contribution in [0.15, 0.2) is 57.9 Å². The van der Waals surface area contributed by atoms with Crippen molar-refractivity contribution in [3.8, 4) is 6.07 Å². The number of aliphatic hydroxyl groups excluding tert-OH is 1. The number of amides is 1. The first-order chi connectivity index (χ1) is 14.9. The van der Waals surface area contributed by atoms with Crippen LogP contribution >= 0.6 is 11.6 Å². The Bertz CT molecular complexity index is 1350. The molecule has 2 aromatic carbocycles. The first-order valence-electron chi connectivity index (χ1n) is 9.79. The fraction of sp³-hybridized carbons (Fsp3) is 0.261. The number of hydrogen-bond acceptors (Lipinski definition) is 6. The molecule has 7 nitrogen and oxygen atoms in total. The highest BCUT2D eigenvalue weighted by molar-refractivity contribution is 6.31. The van der Waals surface area contributed by atoms with Crippen molar-refractivity contribution in [1.29, 1.82) is 5.26 Å². The number of likely N-dealkylation sites (N-methyl/N-ethyl adjacent to an activating group) is 1. The van der Waals surface area contributed by atoms with Crippen LogP contribution in [0, 0.1) is 16.7 Å². The lowest BCUT2D eigenvalue weighted by molar-refractivity contribution is -0.134. The molecule has 31 heavy (non-hydrogen) atoms. The molecule has 156 valence electrons. The summed E-state index contributed by atoms with van der Waals surface area (Å²) in [7, 11) is 1.73. The van der Waals surface area contributed by atoms with Crippen molar-refractivity contribution in [3.63, 3.8) is 0 Å². The number of hydrogen-bond donors (Lipinski definition) is 2. The number of fused-ring (bicyclic) bond motifs is 3. The zero-order valence-corrected chi connectivity index (χ0v) is 17.3. The molecule has 3 atom stereocenters. The first kappa shape index (κ1) is 19.8. The average molecular weight is 436 g/mol. The van der Waals surface area contributed by atoms with Gasteiger partial charge in [-0.15, -0.1) is 0 Å². The van der Waals surface area contributed by atoms with E-state index < -0.39 is 28.4 Å². The molecule has 2 aliphatic rings. The number of likely N-dealkylation sites (tertiary alicyclic amines) is 1. The van der Waals surface area contributed by atoms with Gasteiger partial charge in [-0.1, -0.05) is 23.7 Å². The van der Waals surface area contributed by atoms with Crippen LogP contribution in [0.25, 0.3) is 11.0 Å². The van der Waals surface area contributed by atoms with Crippen LogP contribution in [-0.4, -0.2) is 29.5 Å². The number of nitrogens with one attached hydrogen (secondary N) is 1. The van der Waals surface area contributed by atoms with E-state index >= 15 is 0 Å². The Kier molecular flexibility index (Phi) is 4.25. The lowest BCUT2D eigenvalue weighted by Gasteiger charge is -2.42. The number of para-hydroxylation sites is 1. The van der Waals surface area contributed by atoms with Crippen LogP contribution < -0.4 is 10.7 Å². The summed E-state index contributed by atoms with van der Waals surface area (Å²) in [6.07, 6.45) is -0.210. The Morgan fingerprint density at radius 3 is 2.84 bits per heavy atom. The maximum absolute atomic E-state index is 13.4. The van der Waals surface area contributed by atoms with Gasteiger partial charge in [0.1, 0.15) is 28.9 Å². The van der Waals surface area contributed by atoms with Gasteiger partial charge in [0.05, 0.1) is 17.0 Å². The van der Waals surface area contributed by atoms with Crippen molar-refractivity contribution in [2.45, 2.75) is 18.1 Å². The quantitative estimate of drug-likeness (QED) is 0.640. The first-order valence-corrected chi connectivity index (χ1v) is 10.2. The lowest BCUT2D eigenvalue weighted by atomic mass is 9.63. The SMILES string of the molecule is CN1CC[C@](C#N)([C@H](O)c2coc3ccccc3c2=O)[C@]12C(=O)Nc1ccc(Cl)cc12.